The van der Waals surface area contributed by atoms with Gasteiger partial charge in [-0.2, -0.15) is 5.10 Å². The monoisotopic (exact) mass is 250 g/mol. The Morgan fingerprint density at radius 2 is 2.12 bits per heavy atom. The number of rotatable bonds is 4. The second kappa shape index (κ2) is 4.98. The van der Waals surface area contributed by atoms with Crippen molar-refractivity contribution in [1.82, 2.24) is 19.7 Å². The summed E-state index contributed by atoms with van der Waals surface area (Å²) in [4.78, 5) is 7.69. The van der Waals surface area contributed by atoms with Crippen molar-refractivity contribution in [2.75, 3.05) is 7.05 Å². The summed E-state index contributed by atoms with van der Waals surface area (Å²) in [6.07, 6.45) is 1.93. The van der Waals surface area contributed by atoms with Crippen molar-refractivity contribution in [3.8, 4) is 0 Å². The first-order valence-corrected chi connectivity index (χ1v) is 6.51. The van der Waals surface area contributed by atoms with Gasteiger partial charge in [-0.05, 0) is 20.9 Å². The highest BCUT2D eigenvalue weighted by Crippen LogP contribution is 2.16. The minimum atomic E-state index is 0.934. The van der Waals surface area contributed by atoms with Crippen molar-refractivity contribution in [1.29, 1.82) is 0 Å². The largest absolute Gasteiger partial charge is 0.297 e. The Labute approximate surface area is 106 Å². The van der Waals surface area contributed by atoms with Crippen LogP contribution < -0.4 is 0 Å². The van der Waals surface area contributed by atoms with Crippen molar-refractivity contribution >= 4 is 11.3 Å². The van der Waals surface area contributed by atoms with E-state index in [1.165, 1.54) is 16.1 Å². The fraction of sp³-hybridized carbons (Fsp3) is 0.500. The molecule has 2 aromatic heterocycles. The normalized spacial score (nSPS) is 11.4. The second-order valence-corrected chi connectivity index (χ2v) is 5.38. The minimum Gasteiger partial charge on any atom is -0.297 e. The molecule has 0 atom stereocenters. The molecule has 5 heteroatoms. The minimum absolute atomic E-state index is 0.934. The molecule has 0 aliphatic carbocycles. The smallest absolute Gasteiger partial charge is 0.0794 e. The quantitative estimate of drug-likeness (QED) is 0.833. The van der Waals surface area contributed by atoms with Crippen LogP contribution in [0.15, 0.2) is 11.7 Å². The van der Waals surface area contributed by atoms with Gasteiger partial charge in [-0.3, -0.25) is 14.6 Å². The Bertz CT molecular complexity index is 487. The first-order chi connectivity index (χ1) is 8.08. The van der Waals surface area contributed by atoms with Crippen LogP contribution in [-0.4, -0.2) is 26.7 Å². The molecule has 0 fully saturated rings. The molecule has 0 aromatic carbocycles. The van der Waals surface area contributed by atoms with Crippen LogP contribution in [0.5, 0.6) is 0 Å². The zero-order chi connectivity index (χ0) is 12.4. The van der Waals surface area contributed by atoms with E-state index in [0.29, 0.717) is 0 Å². The molecule has 17 heavy (non-hydrogen) atoms. The molecule has 0 saturated carbocycles. The van der Waals surface area contributed by atoms with Gasteiger partial charge in [0, 0.05) is 42.5 Å². The Balaban J connectivity index is 2.05. The highest BCUT2D eigenvalue weighted by molar-refractivity contribution is 7.09. The van der Waals surface area contributed by atoms with Crippen LogP contribution in [0.2, 0.25) is 0 Å². The molecule has 4 nitrogen and oxygen atoms in total. The lowest BCUT2D eigenvalue weighted by atomic mass is 10.2. The van der Waals surface area contributed by atoms with Gasteiger partial charge in [-0.1, -0.05) is 0 Å². The average Bonchev–Trinajstić information content (AvgIpc) is 2.83. The van der Waals surface area contributed by atoms with E-state index in [9.17, 15) is 0 Å². The zero-order valence-electron chi connectivity index (χ0n) is 10.8. The Morgan fingerprint density at radius 1 is 1.35 bits per heavy atom. The fourth-order valence-corrected chi connectivity index (χ4v) is 2.63. The summed E-state index contributed by atoms with van der Waals surface area (Å²) < 4.78 is 1.95. The van der Waals surface area contributed by atoms with Crippen LogP contribution in [0, 0.1) is 13.8 Å². The maximum atomic E-state index is 4.44. The molecule has 0 aliphatic heterocycles. The summed E-state index contributed by atoms with van der Waals surface area (Å²) in [6, 6.07) is 0. The Morgan fingerprint density at radius 3 is 2.65 bits per heavy atom. The number of thiazole rings is 1. The maximum absolute atomic E-state index is 4.44. The van der Waals surface area contributed by atoms with Crippen molar-refractivity contribution in [3.63, 3.8) is 0 Å². The molecule has 0 saturated heterocycles. The van der Waals surface area contributed by atoms with Gasteiger partial charge in [0.25, 0.3) is 0 Å². The van der Waals surface area contributed by atoms with Crippen molar-refractivity contribution in [2.24, 2.45) is 7.05 Å². The summed E-state index contributed by atoms with van der Waals surface area (Å²) in [7, 11) is 4.13. The molecule has 2 aromatic rings. The van der Waals surface area contributed by atoms with Gasteiger partial charge in [0.15, 0.2) is 0 Å². The summed E-state index contributed by atoms with van der Waals surface area (Å²) in [6.45, 7) is 6.07. The van der Waals surface area contributed by atoms with Crippen molar-refractivity contribution < 1.29 is 0 Å². The lowest BCUT2D eigenvalue weighted by Crippen LogP contribution is -2.17. The van der Waals surface area contributed by atoms with Crippen LogP contribution >= 0.6 is 11.3 Å². The van der Waals surface area contributed by atoms with Gasteiger partial charge in [-0.25, -0.2) is 0 Å². The Kier molecular flexibility index (Phi) is 3.59. The molecule has 92 valence electrons. The molecular formula is C12H18N4S. The van der Waals surface area contributed by atoms with E-state index in [1.54, 1.807) is 11.3 Å². The van der Waals surface area contributed by atoms with E-state index in [1.807, 2.05) is 23.4 Å². The Hall–Kier alpha value is -1.20. The molecular weight excluding hydrogens is 232 g/mol. The van der Waals surface area contributed by atoms with Gasteiger partial charge < -0.3 is 0 Å². The first-order valence-electron chi connectivity index (χ1n) is 5.63. The predicted octanol–water partition coefficient (Wildman–Crippen LogP) is 2.13. The number of hydrogen-bond donors (Lipinski definition) is 0. The third-order valence-corrected chi connectivity index (χ3v) is 3.76. The van der Waals surface area contributed by atoms with Gasteiger partial charge in [0.1, 0.15) is 0 Å². The zero-order valence-corrected chi connectivity index (χ0v) is 11.6. The molecule has 2 heterocycles. The number of nitrogens with zero attached hydrogens (tertiary/aromatic N) is 4. The molecule has 0 amide bonds. The van der Waals surface area contributed by atoms with Crippen LogP contribution in [0.1, 0.15) is 21.8 Å². The number of aromatic nitrogens is 3. The molecule has 0 aliphatic rings. The topological polar surface area (TPSA) is 34.0 Å². The summed E-state index contributed by atoms with van der Waals surface area (Å²) in [5, 5.41) is 4.44. The summed E-state index contributed by atoms with van der Waals surface area (Å²) >= 11 is 1.70. The number of hydrogen-bond acceptors (Lipinski definition) is 4. The van der Waals surface area contributed by atoms with E-state index >= 15 is 0 Å². The SMILES string of the molecule is Cc1nn(C)c(C)c1CN(C)Cc1cncs1. The highest BCUT2D eigenvalue weighted by atomic mass is 32.1. The lowest BCUT2D eigenvalue weighted by Gasteiger charge is -2.15. The van der Waals surface area contributed by atoms with Crippen LogP contribution in [0.3, 0.4) is 0 Å². The van der Waals surface area contributed by atoms with E-state index in [2.05, 4.69) is 35.9 Å². The standard InChI is InChI=1S/C12H18N4S/c1-9-12(10(2)16(4)14-9)7-15(3)6-11-5-13-8-17-11/h5,8H,6-7H2,1-4H3. The molecule has 0 N–H and O–H groups in total. The fourth-order valence-electron chi connectivity index (χ4n) is 1.96. The molecule has 0 unspecified atom stereocenters. The van der Waals surface area contributed by atoms with Gasteiger partial charge >= 0.3 is 0 Å². The van der Waals surface area contributed by atoms with Gasteiger partial charge in [0.2, 0.25) is 0 Å². The summed E-state index contributed by atoms with van der Waals surface area (Å²) in [5.74, 6) is 0. The van der Waals surface area contributed by atoms with E-state index < -0.39 is 0 Å². The third kappa shape index (κ3) is 2.73. The van der Waals surface area contributed by atoms with E-state index in [-0.39, 0.29) is 0 Å². The number of aryl methyl sites for hydroxylation is 2. The second-order valence-electron chi connectivity index (χ2n) is 4.41. The predicted molar refractivity (Wildman–Crippen MR) is 70.0 cm³/mol. The molecule has 0 bridgehead atoms. The first kappa shape index (κ1) is 12.3. The van der Waals surface area contributed by atoms with Crippen LogP contribution in [0.4, 0.5) is 0 Å². The molecule has 2 rings (SSSR count). The van der Waals surface area contributed by atoms with Crippen LogP contribution in [0.25, 0.3) is 0 Å². The molecule has 0 spiro atoms. The van der Waals surface area contributed by atoms with Crippen molar-refractivity contribution in [3.05, 3.63) is 33.5 Å². The van der Waals surface area contributed by atoms with E-state index in [4.69, 9.17) is 0 Å². The van der Waals surface area contributed by atoms with Gasteiger partial charge in [-0.15, -0.1) is 11.3 Å². The van der Waals surface area contributed by atoms with E-state index in [0.717, 1.165) is 18.8 Å². The highest BCUT2D eigenvalue weighted by Gasteiger charge is 2.11. The van der Waals surface area contributed by atoms with Gasteiger partial charge in [0.05, 0.1) is 11.2 Å². The average molecular weight is 250 g/mol. The third-order valence-electron chi connectivity index (χ3n) is 3.00. The van der Waals surface area contributed by atoms with Crippen molar-refractivity contribution in [2.45, 2.75) is 26.9 Å². The summed E-state index contributed by atoms with van der Waals surface area (Å²) in [5.41, 5.74) is 5.59. The lowest BCUT2D eigenvalue weighted by molar-refractivity contribution is 0.320. The molecule has 0 radical (unpaired) electrons. The van der Waals surface area contributed by atoms with Crippen LogP contribution in [-0.2, 0) is 20.1 Å². The maximum Gasteiger partial charge on any atom is 0.0794 e.